The van der Waals surface area contributed by atoms with Crippen molar-refractivity contribution in [2.75, 3.05) is 0 Å². The molecule has 0 saturated carbocycles. The Morgan fingerprint density at radius 2 is 1.75 bits per heavy atom. The monoisotopic (exact) mass is 120 g/mol. The molecule has 0 aliphatic heterocycles. The van der Waals surface area contributed by atoms with Gasteiger partial charge in [-0.25, -0.2) is 0 Å². The molecular weight excluding hydrogens is 115 g/mol. The minimum Gasteiger partial charge on any atom is -0.193 e. The van der Waals surface area contributed by atoms with Gasteiger partial charge < -0.3 is 0 Å². The Hall–Kier alpha value is -0.365. The van der Waals surface area contributed by atoms with Gasteiger partial charge in [-0.1, -0.05) is 18.2 Å². The average Bonchev–Trinajstić information content (AvgIpc) is 1.90. The van der Waals surface area contributed by atoms with E-state index in [0.29, 0.717) is 0 Å². The highest BCUT2D eigenvalue weighted by molar-refractivity contribution is 8.19. The van der Waals surface area contributed by atoms with Gasteiger partial charge in [-0.2, -0.15) is 11.6 Å². The molecule has 0 heterocycles. The van der Waals surface area contributed by atoms with E-state index in [-0.39, 0.29) is 0 Å². The second-order valence-corrected chi connectivity index (χ2v) is 2.14. The highest BCUT2D eigenvalue weighted by Gasteiger charge is 1.80. The molecule has 0 fully saturated rings. The Kier molecular flexibility index (Phi) is 2.04. The first-order valence-corrected chi connectivity index (χ1v) is 3.23. The fraction of sp³-hybridized carbons (Fsp3) is 0. The van der Waals surface area contributed by atoms with Crippen LogP contribution in [0.3, 0.4) is 0 Å². The molecular formula is C6H5BS. The summed E-state index contributed by atoms with van der Waals surface area (Å²) in [5.41, 5.74) is 0. The summed E-state index contributed by atoms with van der Waals surface area (Å²) in [5, 5.41) is 0. The summed E-state index contributed by atoms with van der Waals surface area (Å²) in [7, 11) is 5.27. The smallest absolute Gasteiger partial charge is 0.168 e. The SMILES string of the molecule is [B]Sc1ccccc1. The van der Waals surface area contributed by atoms with Crippen molar-refractivity contribution in [1.82, 2.24) is 0 Å². The lowest BCUT2D eigenvalue weighted by Crippen LogP contribution is -1.63. The summed E-state index contributed by atoms with van der Waals surface area (Å²) in [6, 6.07) is 9.86. The van der Waals surface area contributed by atoms with Crippen LogP contribution in [0.5, 0.6) is 0 Å². The summed E-state index contributed by atoms with van der Waals surface area (Å²) in [6.07, 6.45) is 0. The van der Waals surface area contributed by atoms with E-state index in [0.717, 1.165) is 4.90 Å². The van der Waals surface area contributed by atoms with Gasteiger partial charge in [0.2, 0.25) is 0 Å². The Bertz CT molecular complexity index is 150. The first-order chi connectivity index (χ1) is 3.93. The zero-order valence-corrected chi connectivity index (χ0v) is 5.19. The van der Waals surface area contributed by atoms with Crippen LogP contribution in [0.15, 0.2) is 35.2 Å². The molecule has 1 aromatic carbocycles. The molecule has 0 bridgehead atoms. The van der Waals surface area contributed by atoms with Crippen LogP contribution in [0.25, 0.3) is 0 Å². The molecule has 2 heteroatoms. The van der Waals surface area contributed by atoms with Crippen LogP contribution in [-0.2, 0) is 0 Å². The van der Waals surface area contributed by atoms with Crippen molar-refractivity contribution < 1.29 is 0 Å². The molecule has 0 aliphatic rings. The van der Waals surface area contributed by atoms with Crippen molar-refractivity contribution >= 4 is 18.7 Å². The first-order valence-electron chi connectivity index (χ1n) is 2.35. The maximum Gasteiger partial charge on any atom is 0.168 e. The molecule has 8 heavy (non-hydrogen) atoms. The van der Waals surface area contributed by atoms with E-state index in [1.54, 1.807) is 0 Å². The summed E-state index contributed by atoms with van der Waals surface area (Å²) in [5.74, 6) is 0. The lowest BCUT2D eigenvalue weighted by atomic mass is 10.4. The lowest BCUT2D eigenvalue weighted by Gasteiger charge is -1.90. The third kappa shape index (κ3) is 1.30. The average molecular weight is 120 g/mol. The maximum atomic E-state index is 5.27. The second-order valence-electron chi connectivity index (χ2n) is 1.43. The van der Waals surface area contributed by atoms with Crippen LogP contribution in [0, 0.1) is 0 Å². The first kappa shape index (κ1) is 5.77. The summed E-state index contributed by atoms with van der Waals surface area (Å²) in [6.45, 7) is 0. The van der Waals surface area contributed by atoms with E-state index in [4.69, 9.17) is 7.12 Å². The molecule has 38 valence electrons. The Morgan fingerprint density at radius 3 is 2.12 bits per heavy atom. The van der Waals surface area contributed by atoms with Crippen LogP contribution in [0.4, 0.5) is 0 Å². The molecule has 2 radical (unpaired) electrons. The van der Waals surface area contributed by atoms with Gasteiger partial charge in [-0.05, 0) is 17.0 Å². The van der Waals surface area contributed by atoms with Crippen LogP contribution in [0.1, 0.15) is 0 Å². The summed E-state index contributed by atoms with van der Waals surface area (Å²) < 4.78 is 0. The summed E-state index contributed by atoms with van der Waals surface area (Å²) in [4.78, 5) is 1.10. The topological polar surface area (TPSA) is 0 Å². The van der Waals surface area contributed by atoms with Crippen molar-refractivity contribution in [2.45, 2.75) is 4.90 Å². The Morgan fingerprint density at radius 1 is 1.12 bits per heavy atom. The molecule has 1 aromatic rings. The Labute approximate surface area is 54.6 Å². The van der Waals surface area contributed by atoms with E-state index < -0.39 is 0 Å². The molecule has 0 aliphatic carbocycles. The fourth-order valence-electron chi connectivity index (χ4n) is 0.499. The third-order valence-electron chi connectivity index (χ3n) is 0.879. The summed E-state index contributed by atoms with van der Waals surface area (Å²) >= 11 is 1.27. The van der Waals surface area contributed by atoms with E-state index in [2.05, 4.69) is 0 Å². The number of benzene rings is 1. The van der Waals surface area contributed by atoms with Gasteiger partial charge in [-0.15, -0.1) is 0 Å². The predicted octanol–water partition coefficient (Wildman–Crippen LogP) is 1.86. The molecule has 0 aromatic heterocycles. The fourth-order valence-corrected chi connectivity index (χ4v) is 0.813. The van der Waals surface area contributed by atoms with E-state index in [1.165, 1.54) is 11.6 Å². The predicted molar refractivity (Wildman–Crippen MR) is 38.1 cm³/mol. The maximum absolute atomic E-state index is 5.27. The van der Waals surface area contributed by atoms with Crippen LogP contribution < -0.4 is 0 Å². The normalized spacial score (nSPS) is 9.00. The number of hydrogen-bond donors (Lipinski definition) is 0. The number of rotatable bonds is 1. The highest BCUT2D eigenvalue weighted by atomic mass is 32.2. The molecule has 0 amide bonds. The zero-order chi connectivity index (χ0) is 5.82. The van der Waals surface area contributed by atoms with E-state index in [9.17, 15) is 0 Å². The van der Waals surface area contributed by atoms with Crippen LogP contribution >= 0.6 is 11.6 Å². The second kappa shape index (κ2) is 2.83. The molecule has 0 unspecified atom stereocenters. The lowest BCUT2D eigenvalue weighted by molar-refractivity contribution is 1.48. The van der Waals surface area contributed by atoms with Gasteiger partial charge in [0.05, 0.1) is 0 Å². The van der Waals surface area contributed by atoms with Gasteiger partial charge in [-0.3, -0.25) is 0 Å². The number of hydrogen-bond acceptors (Lipinski definition) is 1. The zero-order valence-electron chi connectivity index (χ0n) is 4.37. The van der Waals surface area contributed by atoms with Gasteiger partial charge in [0.25, 0.3) is 0 Å². The quantitative estimate of drug-likeness (QED) is 0.509. The van der Waals surface area contributed by atoms with Crippen LogP contribution in [0.2, 0.25) is 0 Å². The standard InChI is InChI=1S/C6H5BS/c7-8-6-4-2-1-3-5-6/h1-5H. The molecule has 0 nitrogen and oxygen atoms in total. The van der Waals surface area contributed by atoms with Crippen molar-refractivity contribution in [2.24, 2.45) is 0 Å². The van der Waals surface area contributed by atoms with Gasteiger partial charge in [0.15, 0.2) is 7.12 Å². The van der Waals surface area contributed by atoms with Crippen molar-refractivity contribution in [3.63, 3.8) is 0 Å². The van der Waals surface area contributed by atoms with Crippen molar-refractivity contribution in [1.29, 1.82) is 0 Å². The minimum absolute atomic E-state index is 1.10. The van der Waals surface area contributed by atoms with E-state index in [1.807, 2.05) is 30.3 Å². The van der Waals surface area contributed by atoms with Crippen molar-refractivity contribution in [3.8, 4) is 0 Å². The van der Waals surface area contributed by atoms with E-state index >= 15 is 0 Å². The van der Waals surface area contributed by atoms with Gasteiger partial charge >= 0.3 is 0 Å². The molecule has 0 N–H and O–H groups in total. The van der Waals surface area contributed by atoms with Crippen molar-refractivity contribution in [3.05, 3.63) is 30.3 Å². The highest BCUT2D eigenvalue weighted by Crippen LogP contribution is 2.10. The van der Waals surface area contributed by atoms with Gasteiger partial charge in [0, 0.05) is 0 Å². The molecule has 0 atom stereocenters. The third-order valence-corrected chi connectivity index (χ3v) is 1.42. The van der Waals surface area contributed by atoms with Gasteiger partial charge in [0.1, 0.15) is 0 Å². The minimum atomic E-state index is 1.10. The molecule has 0 spiro atoms. The molecule has 0 saturated heterocycles. The Balaban J connectivity index is 2.83. The van der Waals surface area contributed by atoms with Crippen LogP contribution in [-0.4, -0.2) is 7.12 Å². The largest absolute Gasteiger partial charge is 0.193 e. The molecule has 1 rings (SSSR count).